The molecule has 2 aromatic rings. The second-order valence-electron chi connectivity index (χ2n) is 3.64. The van der Waals surface area contributed by atoms with E-state index >= 15 is 0 Å². The van der Waals surface area contributed by atoms with Crippen LogP contribution in [0, 0.1) is 10.1 Å². The van der Waals surface area contributed by atoms with E-state index in [4.69, 9.17) is 0 Å². The van der Waals surface area contributed by atoms with Crippen molar-refractivity contribution in [3.8, 4) is 11.3 Å². The van der Waals surface area contributed by atoms with Gasteiger partial charge >= 0.3 is 0 Å². The van der Waals surface area contributed by atoms with E-state index in [0.29, 0.717) is 0 Å². The highest BCUT2D eigenvalue weighted by Gasteiger charge is 2.21. The van der Waals surface area contributed by atoms with Gasteiger partial charge in [0.1, 0.15) is 5.69 Å². The largest absolute Gasteiger partial charge is 0.269 e. The van der Waals surface area contributed by atoms with E-state index in [9.17, 15) is 10.1 Å². The van der Waals surface area contributed by atoms with Crippen molar-refractivity contribution in [1.82, 2.24) is 9.59 Å². The van der Waals surface area contributed by atoms with Crippen LogP contribution in [0.2, 0.25) is 0 Å². The van der Waals surface area contributed by atoms with Crippen LogP contribution in [0.4, 0.5) is 5.69 Å². The monoisotopic (exact) mass is 233 g/mol. The molecule has 1 aromatic carbocycles. The van der Waals surface area contributed by atoms with E-state index in [-0.39, 0.29) is 10.6 Å². The molecule has 6 heteroatoms. The van der Waals surface area contributed by atoms with Gasteiger partial charge in [-0.2, -0.15) is 0 Å². The lowest BCUT2D eigenvalue weighted by Crippen LogP contribution is -2.02. The molecular formula is C10H7N3O2S. The van der Waals surface area contributed by atoms with Gasteiger partial charge in [-0.25, -0.2) is 0 Å². The summed E-state index contributed by atoms with van der Waals surface area (Å²) in [6.45, 7) is 0. The van der Waals surface area contributed by atoms with Gasteiger partial charge in [0.15, 0.2) is 0 Å². The van der Waals surface area contributed by atoms with Crippen molar-refractivity contribution in [1.29, 1.82) is 0 Å². The van der Waals surface area contributed by atoms with Gasteiger partial charge in [0.05, 0.1) is 9.80 Å². The van der Waals surface area contributed by atoms with Gasteiger partial charge in [0, 0.05) is 17.7 Å². The van der Waals surface area contributed by atoms with Crippen molar-refractivity contribution in [3.05, 3.63) is 38.8 Å². The molecule has 1 heterocycles. The lowest BCUT2D eigenvalue weighted by atomic mass is 9.93. The van der Waals surface area contributed by atoms with Crippen LogP contribution in [-0.4, -0.2) is 14.5 Å². The minimum absolute atomic E-state index is 0.144. The first-order chi connectivity index (χ1) is 7.75. The van der Waals surface area contributed by atoms with Gasteiger partial charge in [-0.05, 0) is 36.0 Å². The number of rotatable bonds is 1. The van der Waals surface area contributed by atoms with Crippen LogP contribution < -0.4 is 0 Å². The van der Waals surface area contributed by atoms with Crippen molar-refractivity contribution in [3.63, 3.8) is 0 Å². The molecule has 1 aliphatic rings. The summed E-state index contributed by atoms with van der Waals surface area (Å²) >= 11 is 1.40. The molecule has 3 rings (SSSR count). The molecule has 0 spiro atoms. The topological polar surface area (TPSA) is 68.9 Å². The number of hydrogen-bond acceptors (Lipinski definition) is 5. The summed E-state index contributed by atoms with van der Waals surface area (Å²) in [5.74, 6) is 0. The number of non-ortho nitro benzene ring substituents is 1. The van der Waals surface area contributed by atoms with Gasteiger partial charge in [-0.15, -0.1) is 5.10 Å². The highest BCUT2D eigenvalue weighted by atomic mass is 32.1. The highest BCUT2D eigenvalue weighted by molar-refractivity contribution is 7.06. The standard InChI is InChI=1S/C10H7N3O2S/c14-13(15)7-2-3-8-6(5-7)1-4-9-10(8)11-12-16-9/h2-3,5H,1,4H2. The molecule has 80 valence electrons. The molecule has 0 bridgehead atoms. The average molecular weight is 233 g/mol. The number of nitro groups is 1. The molecule has 0 radical (unpaired) electrons. The van der Waals surface area contributed by atoms with Crippen molar-refractivity contribution in [2.45, 2.75) is 12.8 Å². The fourth-order valence-electron chi connectivity index (χ4n) is 1.96. The molecule has 0 fully saturated rings. The first-order valence-corrected chi connectivity index (χ1v) is 5.62. The first-order valence-electron chi connectivity index (χ1n) is 4.84. The third kappa shape index (κ3) is 1.30. The minimum Gasteiger partial charge on any atom is -0.258 e. The molecule has 0 aliphatic heterocycles. The van der Waals surface area contributed by atoms with Gasteiger partial charge in [-0.3, -0.25) is 10.1 Å². The SMILES string of the molecule is O=[N+]([O-])c1ccc2c(c1)CCc1snnc1-2. The van der Waals surface area contributed by atoms with Gasteiger partial charge in [-0.1, -0.05) is 4.49 Å². The molecule has 1 aromatic heterocycles. The summed E-state index contributed by atoms with van der Waals surface area (Å²) in [5, 5.41) is 14.7. The van der Waals surface area contributed by atoms with Crippen molar-refractivity contribution in [2.75, 3.05) is 0 Å². The Kier molecular flexibility index (Phi) is 1.97. The van der Waals surface area contributed by atoms with Crippen LogP contribution in [-0.2, 0) is 12.8 Å². The maximum absolute atomic E-state index is 10.7. The number of fused-ring (bicyclic) bond motifs is 3. The number of benzene rings is 1. The van der Waals surface area contributed by atoms with Crippen LogP contribution in [0.15, 0.2) is 18.2 Å². The molecule has 0 saturated carbocycles. The quantitative estimate of drug-likeness (QED) is 0.559. The molecule has 0 saturated heterocycles. The van der Waals surface area contributed by atoms with E-state index in [1.807, 2.05) is 0 Å². The van der Waals surface area contributed by atoms with Crippen molar-refractivity contribution >= 4 is 17.2 Å². The fraction of sp³-hybridized carbons (Fsp3) is 0.200. The fourth-order valence-corrected chi connectivity index (χ4v) is 2.61. The van der Waals surface area contributed by atoms with Crippen LogP contribution >= 0.6 is 11.5 Å². The third-order valence-corrected chi connectivity index (χ3v) is 3.51. The molecular weight excluding hydrogens is 226 g/mol. The van der Waals surface area contributed by atoms with Crippen molar-refractivity contribution < 1.29 is 4.92 Å². The van der Waals surface area contributed by atoms with Crippen LogP contribution in [0.25, 0.3) is 11.3 Å². The Morgan fingerprint density at radius 2 is 2.25 bits per heavy atom. The normalized spacial score (nSPS) is 13.0. The summed E-state index contributed by atoms with van der Waals surface area (Å²) in [7, 11) is 0. The molecule has 0 atom stereocenters. The summed E-state index contributed by atoms with van der Waals surface area (Å²) < 4.78 is 3.92. The number of aromatic nitrogens is 2. The second-order valence-corrected chi connectivity index (χ2v) is 4.48. The van der Waals surface area contributed by atoms with E-state index in [1.165, 1.54) is 22.5 Å². The second kappa shape index (κ2) is 3.34. The molecule has 5 nitrogen and oxygen atoms in total. The molecule has 0 amide bonds. The van der Waals surface area contributed by atoms with Crippen molar-refractivity contribution in [2.24, 2.45) is 0 Å². The van der Waals surface area contributed by atoms with E-state index < -0.39 is 0 Å². The zero-order chi connectivity index (χ0) is 11.1. The Morgan fingerprint density at radius 3 is 3.06 bits per heavy atom. The number of hydrogen-bond donors (Lipinski definition) is 0. The molecule has 1 aliphatic carbocycles. The van der Waals surface area contributed by atoms with E-state index in [1.54, 1.807) is 12.1 Å². The predicted octanol–water partition coefficient (Wildman–Crippen LogP) is 2.21. The summed E-state index contributed by atoms with van der Waals surface area (Å²) in [4.78, 5) is 11.5. The summed E-state index contributed by atoms with van der Waals surface area (Å²) in [5.41, 5.74) is 3.02. The number of aryl methyl sites for hydroxylation is 2. The van der Waals surface area contributed by atoms with Gasteiger partial charge < -0.3 is 0 Å². The van der Waals surface area contributed by atoms with Gasteiger partial charge in [0.2, 0.25) is 0 Å². The van der Waals surface area contributed by atoms with Crippen LogP contribution in [0.1, 0.15) is 10.4 Å². The average Bonchev–Trinajstić information content (AvgIpc) is 2.76. The van der Waals surface area contributed by atoms with Crippen LogP contribution in [0.3, 0.4) is 0 Å². The summed E-state index contributed by atoms with van der Waals surface area (Å²) in [6.07, 6.45) is 1.70. The van der Waals surface area contributed by atoms with E-state index in [0.717, 1.165) is 29.7 Å². The Balaban J connectivity index is 2.17. The molecule has 16 heavy (non-hydrogen) atoms. The Morgan fingerprint density at radius 1 is 1.38 bits per heavy atom. The minimum atomic E-state index is -0.366. The zero-order valence-corrected chi connectivity index (χ0v) is 9.03. The Bertz CT molecular complexity index is 579. The van der Waals surface area contributed by atoms with Gasteiger partial charge in [0.25, 0.3) is 5.69 Å². The Hall–Kier alpha value is -1.82. The maximum atomic E-state index is 10.7. The first kappa shape index (κ1) is 9.41. The number of nitro benzene ring substituents is 1. The molecule has 0 unspecified atom stereocenters. The smallest absolute Gasteiger partial charge is 0.258 e. The summed E-state index contributed by atoms with van der Waals surface area (Å²) in [6, 6.07) is 4.93. The lowest BCUT2D eigenvalue weighted by molar-refractivity contribution is -0.384. The lowest BCUT2D eigenvalue weighted by Gasteiger charge is -2.13. The third-order valence-electron chi connectivity index (χ3n) is 2.73. The zero-order valence-electron chi connectivity index (χ0n) is 8.21. The van der Waals surface area contributed by atoms with Crippen LogP contribution in [0.5, 0.6) is 0 Å². The Labute approximate surface area is 95.1 Å². The predicted molar refractivity (Wildman–Crippen MR) is 59.4 cm³/mol. The highest BCUT2D eigenvalue weighted by Crippen LogP contribution is 2.35. The molecule has 0 N–H and O–H groups in total. The van der Waals surface area contributed by atoms with E-state index in [2.05, 4.69) is 9.59 Å². The number of nitrogens with zero attached hydrogens (tertiary/aromatic N) is 3. The maximum Gasteiger partial charge on any atom is 0.269 e.